The van der Waals surface area contributed by atoms with Gasteiger partial charge in [0.1, 0.15) is 12.2 Å². The molecule has 10 nitrogen and oxygen atoms in total. The molecule has 0 heterocycles. The number of aliphatic hydroxyl groups excluding tert-OH is 6. The van der Waals surface area contributed by atoms with E-state index in [-0.39, 0.29) is 25.7 Å². The maximum absolute atomic E-state index is 12.1. The van der Waals surface area contributed by atoms with Gasteiger partial charge >= 0.3 is 11.9 Å². The minimum atomic E-state index is -1.57. The molecular formula is C32H48BrClO10. The van der Waals surface area contributed by atoms with Crippen molar-refractivity contribution < 1.29 is 50.1 Å². The van der Waals surface area contributed by atoms with Crippen LogP contribution in [-0.2, 0) is 14.3 Å². The van der Waals surface area contributed by atoms with Gasteiger partial charge in [-0.15, -0.1) is 11.6 Å². The van der Waals surface area contributed by atoms with Gasteiger partial charge in [0.15, 0.2) is 0 Å². The Labute approximate surface area is 273 Å². The molecule has 0 aromatic heterocycles. The number of carboxylic acids is 1. The van der Waals surface area contributed by atoms with E-state index in [1.165, 1.54) is 6.08 Å². The van der Waals surface area contributed by atoms with Crippen LogP contribution in [0.2, 0.25) is 0 Å². The number of allylic oxidation sites excluding steroid dienone is 8. The van der Waals surface area contributed by atoms with Crippen molar-refractivity contribution in [1.29, 1.82) is 0 Å². The van der Waals surface area contributed by atoms with E-state index in [1.807, 2.05) is 26.0 Å². The summed E-state index contributed by atoms with van der Waals surface area (Å²) in [7, 11) is 0. The molecule has 0 radical (unpaired) electrons. The Morgan fingerprint density at radius 3 is 2.32 bits per heavy atom. The van der Waals surface area contributed by atoms with Gasteiger partial charge in [-0.2, -0.15) is 0 Å². The van der Waals surface area contributed by atoms with E-state index in [0.717, 1.165) is 5.57 Å². The first kappa shape index (κ1) is 40.2. The fourth-order valence-electron chi connectivity index (χ4n) is 4.54. The third-order valence-corrected chi connectivity index (χ3v) is 8.98. The first-order valence-corrected chi connectivity index (χ1v) is 16.1. The van der Waals surface area contributed by atoms with E-state index >= 15 is 0 Å². The zero-order valence-electron chi connectivity index (χ0n) is 25.5. The summed E-state index contributed by atoms with van der Waals surface area (Å²) in [5.41, 5.74) is 0.893. The molecule has 44 heavy (non-hydrogen) atoms. The van der Waals surface area contributed by atoms with E-state index in [9.17, 15) is 40.2 Å². The average Bonchev–Trinajstić information content (AvgIpc) is 2.99. The summed E-state index contributed by atoms with van der Waals surface area (Å²) in [5, 5.41) is 69.7. The van der Waals surface area contributed by atoms with Crippen molar-refractivity contribution in [3.05, 3.63) is 58.7 Å². The molecule has 0 aromatic carbocycles. The molecule has 250 valence electrons. The first-order valence-electron chi connectivity index (χ1n) is 14.9. The first-order chi connectivity index (χ1) is 20.7. The third-order valence-electron chi connectivity index (χ3n) is 7.45. The van der Waals surface area contributed by atoms with Crippen LogP contribution in [0.1, 0.15) is 65.7 Å². The Hall–Kier alpha value is -1.83. The summed E-state index contributed by atoms with van der Waals surface area (Å²) < 4.78 is 5.86. The van der Waals surface area contributed by atoms with Gasteiger partial charge in [0.2, 0.25) is 0 Å². The van der Waals surface area contributed by atoms with Gasteiger partial charge in [-0.3, -0.25) is 9.59 Å². The van der Waals surface area contributed by atoms with Crippen LogP contribution in [0.15, 0.2) is 58.7 Å². The summed E-state index contributed by atoms with van der Waals surface area (Å²) >= 11 is 9.45. The second-order valence-corrected chi connectivity index (χ2v) is 12.6. The molecule has 1 saturated carbocycles. The van der Waals surface area contributed by atoms with Crippen LogP contribution in [0.25, 0.3) is 0 Å². The lowest BCUT2D eigenvalue weighted by molar-refractivity contribution is -0.163. The summed E-state index contributed by atoms with van der Waals surface area (Å²) in [4.78, 5) is 23.3. The fourth-order valence-corrected chi connectivity index (χ4v) is 5.15. The van der Waals surface area contributed by atoms with Crippen LogP contribution < -0.4 is 0 Å². The minimum absolute atomic E-state index is 0.0979. The lowest BCUT2D eigenvalue weighted by atomic mass is 9.85. The van der Waals surface area contributed by atoms with Crippen molar-refractivity contribution in [2.75, 3.05) is 0 Å². The number of aliphatic hydroxyl groups is 6. The normalized spacial score (nSPS) is 25.1. The van der Waals surface area contributed by atoms with E-state index in [0.29, 0.717) is 23.7 Å². The van der Waals surface area contributed by atoms with E-state index in [1.54, 1.807) is 37.3 Å². The molecule has 0 amide bonds. The quantitative estimate of drug-likeness (QED) is 0.0480. The molecule has 10 unspecified atom stereocenters. The zero-order chi connectivity index (χ0) is 33.4. The van der Waals surface area contributed by atoms with Gasteiger partial charge in [-0.1, -0.05) is 84.0 Å². The van der Waals surface area contributed by atoms with Gasteiger partial charge in [0.25, 0.3) is 0 Å². The van der Waals surface area contributed by atoms with Gasteiger partial charge in [-0.25, -0.2) is 0 Å². The Balaban J connectivity index is 2.53. The molecule has 1 fully saturated rings. The zero-order valence-corrected chi connectivity index (χ0v) is 27.8. The van der Waals surface area contributed by atoms with Gasteiger partial charge in [0.05, 0.1) is 41.8 Å². The summed E-state index contributed by atoms with van der Waals surface area (Å²) in [6, 6.07) is 0. The number of carbonyl (C=O) groups excluding carboxylic acids is 1. The molecule has 12 heteroatoms. The fraction of sp³-hybridized carbons (Fsp3) is 0.625. The highest BCUT2D eigenvalue weighted by atomic mass is 79.9. The predicted molar refractivity (Wildman–Crippen MR) is 172 cm³/mol. The largest absolute Gasteiger partial charge is 0.481 e. The number of esters is 1. The van der Waals surface area contributed by atoms with Gasteiger partial charge in [0, 0.05) is 29.7 Å². The number of carbonyl (C=O) groups is 2. The molecule has 1 aliphatic rings. The van der Waals surface area contributed by atoms with Crippen molar-refractivity contribution in [3.63, 3.8) is 0 Å². The van der Waals surface area contributed by atoms with Crippen LogP contribution in [0.3, 0.4) is 0 Å². The molecule has 1 aliphatic carbocycles. The number of rotatable bonds is 18. The molecular weight excluding hydrogens is 660 g/mol. The van der Waals surface area contributed by atoms with E-state index in [2.05, 4.69) is 15.9 Å². The van der Waals surface area contributed by atoms with Crippen molar-refractivity contribution in [1.82, 2.24) is 0 Å². The van der Waals surface area contributed by atoms with Gasteiger partial charge in [-0.05, 0) is 32.6 Å². The number of ether oxygens (including phenoxy) is 1. The SMILES string of the molecule is CC/C=C/C(O)C(Cl)C(O)CC(O)C(O)C(O)C(C)/C(Br)=C/C=C/C=C(C)/C=C/CCC(=O)OC1CC(C(=O)O)CCC1O. The Kier molecular flexibility index (Phi) is 19.2. The van der Waals surface area contributed by atoms with Crippen molar-refractivity contribution in [2.45, 2.75) is 114 Å². The van der Waals surface area contributed by atoms with Crippen molar-refractivity contribution >= 4 is 39.5 Å². The Bertz CT molecular complexity index is 1040. The van der Waals surface area contributed by atoms with Gasteiger partial charge < -0.3 is 40.5 Å². The summed E-state index contributed by atoms with van der Waals surface area (Å²) in [5.74, 6) is -2.66. The van der Waals surface area contributed by atoms with Crippen molar-refractivity contribution in [2.24, 2.45) is 11.8 Å². The number of hydrogen-bond donors (Lipinski definition) is 7. The van der Waals surface area contributed by atoms with E-state index in [4.69, 9.17) is 21.4 Å². The standard InChI is InChI=1S/C32H48BrClO10/c1-4-5-13-24(36)29(34)25(37)18-26(38)31(41)30(40)20(3)22(33)12-8-6-10-19(2)11-7-9-14-28(39)44-27-17-21(32(42)43)15-16-23(27)35/h5-8,10-13,20-21,23-27,29-31,35-38,40-41H,4,9,14-18H2,1-3H3,(H,42,43)/b8-6+,11-7+,13-5+,19-10+,22-12-. The molecule has 0 spiro atoms. The van der Waals surface area contributed by atoms with Crippen LogP contribution in [0.5, 0.6) is 0 Å². The monoisotopic (exact) mass is 706 g/mol. The van der Waals surface area contributed by atoms with Crippen LogP contribution in [-0.4, -0.2) is 95.8 Å². The number of carboxylic acid groups (broad SMARTS) is 1. The summed E-state index contributed by atoms with van der Waals surface area (Å²) in [6.07, 6.45) is 6.87. The highest BCUT2D eigenvalue weighted by molar-refractivity contribution is 9.11. The summed E-state index contributed by atoms with van der Waals surface area (Å²) in [6.45, 7) is 5.40. The number of aliphatic carboxylic acids is 1. The molecule has 0 aliphatic heterocycles. The predicted octanol–water partition coefficient (Wildman–Crippen LogP) is 3.67. The number of hydrogen-bond acceptors (Lipinski definition) is 9. The maximum Gasteiger partial charge on any atom is 0.306 e. The molecule has 0 saturated heterocycles. The molecule has 7 N–H and O–H groups in total. The Morgan fingerprint density at radius 1 is 1.02 bits per heavy atom. The highest BCUT2D eigenvalue weighted by Gasteiger charge is 2.35. The molecule has 0 bridgehead atoms. The second-order valence-electron chi connectivity index (χ2n) is 11.1. The maximum atomic E-state index is 12.1. The number of alkyl halides is 1. The van der Waals surface area contributed by atoms with Crippen molar-refractivity contribution in [3.8, 4) is 0 Å². The second kappa shape index (κ2) is 21.1. The van der Waals surface area contributed by atoms with Crippen LogP contribution >= 0.6 is 27.5 Å². The lowest BCUT2D eigenvalue weighted by Gasteiger charge is -2.30. The van der Waals surface area contributed by atoms with E-state index < -0.39 is 71.9 Å². The Morgan fingerprint density at radius 2 is 1.68 bits per heavy atom. The third kappa shape index (κ3) is 14.5. The number of halogens is 2. The minimum Gasteiger partial charge on any atom is -0.481 e. The molecule has 1 rings (SSSR count). The lowest BCUT2D eigenvalue weighted by Crippen LogP contribution is -2.44. The smallest absolute Gasteiger partial charge is 0.306 e. The topological polar surface area (TPSA) is 185 Å². The molecule has 0 aromatic rings. The highest BCUT2D eigenvalue weighted by Crippen LogP contribution is 2.28. The van der Waals surface area contributed by atoms with Crippen LogP contribution in [0, 0.1) is 11.8 Å². The average molecular weight is 708 g/mol. The molecule has 10 atom stereocenters. The van der Waals surface area contributed by atoms with Crippen LogP contribution in [0.4, 0.5) is 0 Å².